The van der Waals surface area contributed by atoms with Gasteiger partial charge in [0.05, 0.1) is 18.0 Å². The summed E-state index contributed by atoms with van der Waals surface area (Å²) >= 11 is 7.42. The molecule has 3 rings (SSSR count). The lowest BCUT2D eigenvalue weighted by molar-refractivity contribution is 0.216. The van der Waals surface area contributed by atoms with Crippen LogP contribution in [0.15, 0.2) is 52.3 Å². The van der Waals surface area contributed by atoms with Crippen LogP contribution in [0.2, 0.25) is 0 Å². The van der Waals surface area contributed by atoms with Gasteiger partial charge in [0.15, 0.2) is 0 Å². The second-order valence-electron chi connectivity index (χ2n) is 7.21. The summed E-state index contributed by atoms with van der Waals surface area (Å²) in [4.78, 5) is 7.91. The number of aliphatic hydroxyl groups is 1. The first kappa shape index (κ1) is 21.1. The highest BCUT2D eigenvalue weighted by Gasteiger charge is 2.28. The van der Waals surface area contributed by atoms with Crippen LogP contribution < -0.4 is 10.2 Å². The van der Waals surface area contributed by atoms with Crippen LogP contribution in [-0.4, -0.2) is 54.3 Å². The Morgan fingerprint density at radius 2 is 1.96 bits per heavy atom. The molecule has 2 N–H and O–H groups in total. The molecular weight excluding hydrogens is 386 g/mol. The number of rotatable bonds is 8. The van der Waals surface area contributed by atoms with E-state index < -0.39 is 0 Å². The second kappa shape index (κ2) is 9.74. The Morgan fingerprint density at radius 1 is 1.21 bits per heavy atom. The van der Waals surface area contributed by atoms with Crippen LogP contribution in [0, 0.1) is 0 Å². The molecule has 1 heterocycles. The third kappa shape index (κ3) is 4.69. The molecule has 2 aromatic carbocycles. The van der Waals surface area contributed by atoms with Gasteiger partial charge in [-0.25, -0.2) is 0 Å². The smallest absolute Gasteiger partial charge is 0.106 e. The van der Waals surface area contributed by atoms with Crippen molar-refractivity contribution in [2.75, 3.05) is 38.2 Å². The fourth-order valence-electron chi connectivity index (χ4n) is 3.53. The molecule has 28 heavy (non-hydrogen) atoms. The monoisotopic (exact) mass is 415 g/mol. The van der Waals surface area contributed by atoms with Crippen LogP contribution in [0.3, 0.4) is 0 Å². The molecule has 0 aliphatic carbocycles. The third-order valence-corrected chi connectivity index (χ3v) is 6.37. The number of nitrogens with zero attached hydrogens (tertiary/aromatic N) is 2. The molecule has 0 saturated heterocycles. The van der Waals surface area contributed by atoms with E-state index in [0.29, 0.717) is 6.54 Å². The first-order chi connectivity index (χ1) is 13.5. The number of hydrogen-bond donors (Lipinski definition) is 2. The van der Waals surface area contributed by atoms with Crippen molar-refractivity contribution in [1.82, 2.24) is 10.2 Å². The predicted octanol–water partition coefficient (Wildman–Crippen LogP) is 4.28. The van der Waals surface area contributed by atoms with E-state index in [1.165, 1.54) is 21.2 Å². The highest BCUT2D eigenvalue weighted by Crippen LogP contribution is 2.49. The van der Waals surface area contributed by atoms with Gasteiger partial charge < -0.3 is 20.2 Å². The summed E-state index contributed by atoms with van der Waals surface area (Å²) in [7, 11) is 2.05. The van der Waals surface area contributed by atoms with Crippen LogP contribution in [0.5, 0.6) is 0 Å². The standard InChI is InChI=1S/C22H29N3OS2/c1-4-11-23-22(27)17-9-10-21-19(14-17)25(16(2)15-24(3)12-13-26)18-7-5-6-8-20(18)28-21/h5-10,14,16,26H,4,11-13,15H2,1-3H3,(H,23,27)/t16-/m1/s1. The van der Waals surface area contributed by atoms with Gasteiger partial charge in [0.25, 0.3) is 0 Å². The maximum atomic E-state index is 9.26. The Balaban J connectivity index is 1.97. The molecule has 0 spiro atoms. The van der Waals surface area contributed by atoms with Gasteiger partial charge in [-0.3, -0.25) is 0 Å². The van der Waals surface area contributed by atoms with Crippen LogP contribution in [0.1, 0.15) is 25.8 Å². The molecule has 1 atom stereocenters. The molecule has 1 aliphatic heterocycles. The lowest BCUT2D eigenvalue weighted by atomic mass is 10.1. The molecule has 2 aromatic rings. The Labute approximate surface area is 177 Å². The first-order valence-corrected chi connectivity index (χ1v) is 11.1. The molecule has 1 aliphatic rings. The average molecular weight is 416 g/mol. The molecule has 0 radical (unpaired) electrons. The molecule has 0 fully saturated rings. The van der Waals surface area contributed by atoms with E-state index in [0.717, 1.165) is 30.1 Å². The minimum absolute atomic E-state index is 0.174. The average Bonchev–Trinajstić information content (AvgIpc) is 2.69. The SMILES string of the molecule is CCCNC(=S)c1ccc2c(c1)N([C@H](C)CN(C)CCO)c1ccccc1S2. The van der Waals surface area contributed by atoms with Crippen molar-refractivity contribution in [1.29, 1.82) is 0 Å². The number of nitrogens with one attached hydrogen (secondary N) is 1. The summed E-state index contributed by atoms with van der Waals surface area (Å²) in [6, 6.07) is 15.3. The van der Waals surface area contributed by atoms with Crippen LogP contribution in [0.25, 0.3) is 0 Å². The number of aliphatic hydroxyl groups excluding tert-OH is 1. The highest BCUT2D eigenvalue weighted by molar-refractivity contribution is 7.99. The van der Waals surface area contributed by atoms with E-state index in [-0.39, 0.29) is 12.6 Å². The predicted molar refractivity (Wildman–Crippen MR) is 123 cm³/mol. The number of fused-ring (bicyclic) bond motifs is 2. The topological polar surface area (TPSA) is 38.7 Å². The number of para-hydroxylation sites is 1. The third-order valence-electron chi connectivity index (χ3n) is 4.86. The zero-order chi connectivity index (χ0) is 20.1. The fraction of sp³-hybridized carbons (Fsp3) is 0.409. The number of hydrogen-bond acceptors (Lipinski definition) is 5. The fourth-order valence-corrected chi connectivity index (χ4v) is 4.82. The van der Waals surface area contributed by atoms with Gasteiger partial charge in [0.1, 0.15) is 4.99 Å². The van der Waals surface area contributed by atoms with Crippen LogP contribution in [0.4, 0.5) is 11.4 Å². The van der Waals surface area contributed by atoms with Crippen molar-refractivity contribution in [2.45, 2.75) is 36.1 Å². The van der Waals surface area contributed by atoms with Crippen molar-refractivity contribution in [3.63, 3.8) is 0 Å². The summed E-state index contributed by atoms with van der Waals surface area (Å²) in [5.41, 5.74) is 3.49. The van der Waals surface area contributed by atoms with Gasteiger partial charge in [-0.1, -0.05) is 49.1 Å². The highest BCUT2D eigenvalue weighted by atomic mass is 32.2. The molecule has 0 aromatic heterocycles. The quantitative estimate of drug-likeness (QED) is 0.627. The molecule has 150 valence electrons. The van der Waals surface area contributed by atoms with Gasteiger partial charge in [0, 0.05) is 41.0 Å². The largest absolute Gasteiger partial charge is 0.395 e. The van der Waals surface area contributed by atoms with Crippen molar-refractivity contribution in [2.24, 2.45) is 0 Å². The summed E-state index contributed by atoms with van der Waals surface area (Å²) in [5.74, 6) is 0. The zero-order valence-corrected chi connectivity index (χ0v) is 18.4. The minimum atomic E-state index is 0.174. The van der Waals surface area contributed by atoms with Crippen LogP contribution >= 0.6 is 24.0 Å². The molecule has 0 unspecified atom stereocenters. The van der Waals surface area contributed by atoms with Crippen molar-refractivity contribution < 1.29 is 5.11 Å². The van der Waals surface area contributed by atoms with E-state index >= 15 is 0 Å². The Bertz CT molecular complexity index is 827. The molecular formula is C22H29N3OS2. The van der Waals surface area contributed by atoms with E-state index in [2.05, 4.69) is 78.5 Å². The van der Waals surface area contributed by atoms with E-state index in [4.69, 9.17) is 12.2 Å². The lowest BCUT2D eigenvalue weighted by Gasteiger charge is -2.39. The maximum Gasteiger partial charge on any atom is 0.106 e. The normalized spacial score (nSPS) is 13.8. The molecule has 0 bridgehead atoms. The van der Waals surface area contributed by atoms with Gasteiger partial charge in [-0.2, -0.15) is 0 Å². The van der Waals surface area contributed by atoms with E-state index in [9.17, 15) is 5.11 Å². The number of thiocarbonyl (C=S) groups is 1. The summed E-state index contributed by atoms with van der Waals surface area (Å²) in [6.45, 7) is 6.98. The number of likely N-dealkylation sites (N-methyl/N-ethyl adjacent to an activating group) is 1. The van der Waals surface area contributed by atoms with Gasteiger partial charge in [-0.05, 0) is 44.7 Å². The Hall–Kier alpha value is -1.60. The Morgan fingerprint density at radius 3 is 2.71 bits per heavy atom. The van der Waals surface area contributed by atoms with Gasteiger partial charge >= 0.3 is 0 Å². The first-order valence-electron chi connectivity index (χ1n) is 9.83. The van der Waals surface area contributed by atoms with Crippen molar-refractivity contribution >= 4 is 40.3 Å². The maximum absolute atomic E-state index is 9.26. The molecule has 6 heteroatoms. The van der Waals surface area contributed by atoms with E-state index in [1.54, 1.807) is 0 Å². The molecule has 0 saturated carbocycles. The van der Waals surface area contributed by atoms with Crippen molar-refractivity contribution in [3.05, 3.63) is 48.0 Å². The Kier molecular flexibility index (Phi) is 7.35. The summed E-state index contributed by atoms with van der Waals surface area (Å²) in [5, 5.41) is 12.6. The van der Waals surface area contributed by atoms with Crippen LogP contribution in [-0.2, 0) is 0 Å². The number of benzene rings is 2. The minimum Gasteiger partial charge on any atom is -0.395 e. The summed E-state index contributed by atoms with van der Waals surface area (Å²) < 4.78 is 0. The second-order valence-corrected chi connectivity index (χ2v) is 8.71. The number of anilines is 2. The van der Waals surface area contributed by atoms with Gasteiger partial charge in [0.2, 0.25) is 0 Å². The van der Waals surface area contributed by atoms with Crippen molar-refractivity contribution in [3.8, 4) is 0 Å². The summed E-state index contributed by atoms with van der Waals surface area (Å²) in [6.07, 6.45) is 1.05. The lowest BCUT2D eigenvalue weighted by Crippen LogP contribution is -2.40. The van der Waals surface area contributed by atoms with Gasteiger partial charge in [-0.15, -0.1) is 0 Å². The molecule has 0 amide bonds. The molecule has 4 nitrogen and oxygen atoms in total. The van der Waals surface area contributed by atoms with E-state index in [1.807, 2.05) is 11.8 Å². The zero-order valence-electron chi connectivity index (χ0n) is 16.8.